The second kappa shape index (κ2) is 6.24. The summed E-state index contributed by atoms with van der Waals surface area (Å²) in [6.45, 7) is 3.78. The number of nitrogens with zero attached hydrogens (tertiary/aromatic N) is 5. The third-order valence-corrected chi connectivity index (χ3v) is 4.74. The van der Waals surface area contributed by atoms with Gasteiger partial charge in [0.15, 0.2) is 5.65 Å². The molecule has 1 amide bonds. The van der Waals surface area contributed by atoms with Crippen molar-refractivity contribution < 1.29 is 4.79 Å². The van der Waals surface area contributed by atoms with Crippen molar-refractivity contribution >= 4 is 33.3 Å². The lowest BCUT2D eigenvalue weighted by molar-refractivity contribution is -0.131. The third kappa shape index (κ3) is 2.82. The van der Waals surface area contributed by atoms with Crippen LogP contribution in [0.2, 0.25) is 0 Å². The van der Waals surface area contributed by atoms with Crippen LogP contribution in [0.4, 0.5) is 5.82 Å². The number of amides is 1. The fraction of sp³-hybridized carbons (Fsp3) is 0.533. The summed E-state index contributed by atoms with van der Waals surface area (Å²) in [6, 6.07) is 4.22. The normalized spacial score (nSPS) is 18.1. The lowest BCUT2D eigenvalue weighted by atomic mass is 10.2. The minimum Gasteiger partial charge on any atom is -0.353 e. The van der Waals surface area contributed by atoms with Crippen molar-refractivity contribution in [2.45, 2.75) is 32.2 Å². The lowest BCUT2D eigenvalue weighted by Crippen LogP contribution is -2.39. The monoisotopic (exact) mass is 365 g/mol. The van der Waals surface area contributed by atoms with Crippen LogP contribution in [0, 0.1) is 0 Å². The lowest BCUT2D eigenvalue weighted by Gasteiger charge is -2.25. The summed E-state index contributed by atoms with van der Waals surface area (Å²) in [5, 5.41) is 4.62. The summed E-state index contributed by atoms with van der Waals surface area (Å²) in [7, 11) is 1.91. The zero-order valence-electron chi connectivity index (χ0n) is 12.9. The summed E-state index contributed by atoms with van der Waals surface area (Å²) >= 11 is 3.45. The number of anilines is 1. The van der Waals surface area contributed by atoms with Gasteiger partial charge in [0.2, 0.25) is 5.91 Å². The Morgan fingerprint density at radius 3 is 3.09 bits per heavy atom. The van der Waals surface area contributed by atoms with Gasteiger partial charge in [0.25, 0.3) is 0 Å². The van der Waals surface area contributed by atoms with E-state index in [1.54, 1.807) is 10.7 Å². The van der Waals surface area contributed by atoms with Gasteiger partial charge in [0.05, 0.1) is 12.2 Å². The molecule has 0 saturated carbocycles. The molecular weight excluding hydrogens is 346 g/mol. The number of carbonyl (C=O) groups is 1. The predicted octanol–water partition coefficient (Wildman–Crippen LogP) is 2.33. The highest BCUT2D eigenvalue weighted by molar-refractivity contribution is 9.10. The van der Waals surface area contributed by atoms with Crippen molar-refractivity contribution in [2.24, 2.45) is 0 Å². The van der Waals surface area contributed by atoms with Gasteiger partial charge in [-0.1, -0.05) is 6.92 Å². The first-order valence-electron chi connectivity index (χ1n) is 7.61. The van der Waals surface area contributed by atoms with E-state index in [4.69, 9.17) is 0 Å². The van der Waals surface area contributed by atoms with Crippen LogP contribution >= 0.6 is 15.9 Å². The molecule has 0 radical (unpaired) electrons. The molecule has 7 heteroatoms. The summed E-state index contributed by atoms with van der Waals surface area (Å²) in [5.74, 6) is 1.15. The molecule has 1 fully saturated rings. The molecule has 2 aromatic rings. The van der Waals surface area contributed by atoms with E-state index in [0.29, 0.717) is 6.42 Å². The molecule has 0 aliphatic carbocycles. The summed E-state index contributed by atoms with van der Waals surface area (Å²) < 4.78 is 2.63. The Morgan fingerprint density at radius 1 is 1.50 bits per heavy atom. The Kier molecular flexibility index (Phi) is 4.33. The average Bonchev–Trinajstić information content (AvgIpc) is 3.14. The number of halogens is 1. The van der Waals surface area contributed by atoms with E-state index >= 15 is 0 Å². The molecule has 3 rings (SSSR count). The van der Waals surface area contributed by atoms with Crippen molar-refractivity contribution in [3.8, 4) is 0 Å². The molecule has 2 aromatic heterocycles. The first-order chi connectivity index (χ1) is 10.6. The zero-order chi connectivity index (χ0) is 15.7. The van der Waals surface area contributed by atoms with Crippen LogP contribution in [-0.4, -0.2) is 51.6 Å². The van der Waals surface area contributed by atoms with E-state index in [1.165, 1.54) is 0 Å². The van der Waals surface area contributed by atoms with Crippen molar-refractivity contribution in [1.29, 1.82) is 0 Å². The number of aromatic nitrogens is 3. The number of fused-ring (bicyclic) bond motifs is 1. The molecule has 6 nitrogen and oxygen atoms in total. The van der Waals surface area contributed by atoms with Crippen LogP contribution in [0.15, 0.2) is 22.9 Å². The predicted molar refractivity (Wildman–Crippen MR) is 89.0 cm³/mol. The molecule has 0 aromatic carbocycles. The second-order valence-corrected chi connectivity index (χ2v) is 6.50. The number of likely N-dealkylation sites (N-methyl/N-ethyl adjacent to an activating group) is 1. The highest BCUT2D eigenvalue weighted by atomic mass is 79.9. The van der Waals surface area contributed by atoms with Gasteiger partial charge in [-0.25, -0.2) is 9.50 Å². The summed E-state index contributed by atoms with van der Waals surface area (Å²) in [6.07, 6.45) is 4.25. The SMILES string of the molecule is CCCC(=O)N(C)[C@H]1CCN(c2ccc3ncc(Br)n3n2)C1. The molecule has 22 heavy (non-hydrogen) atoms. The van der Waals surface area contributed by atoms with Gasteiger partial charge >= 0.3 is 0 Å². The number of hydrogen-bond donors (Lipinski definition) is 0. The van der Waals surface area contributed by atoms with Gasteiger partial charge in [0.1, 0.15) is 10.4 Å². The minimum absolute atomic E-state index is 0.232. The summed E-state index contributed by atoms with van der Waals surface area (Å²) in [4.78, 5) is 20.4. The highest BCUT2D eigenvalue weighted by Gasteiger charge is 2.29. The quantitative estimate of drug-likeness (QED) is 0.834. The smallest absolute Gasteiger partial charge is 0.222 e. The maximum Gasteiger partial charge on any atom is 0.222 e. The molecule has 0 bridgehead atoms. The van der Waals surface area contributed by atoms with Crippen molar-refractivity contribution in [3.05, 3.63) is 22.9 Å². The van der Waals surface area contributed by atoms with Gasteiger partial charge in [-0.15, -0.1) is 5.10 Å². The van der Waals surface area contributed by atoms with Gasteiger partial charge in [-0.2, -0.15) is 0 Å². The molecule has 0 N–H and O–H groups in total. The Balaban J connectivity index is 1.73. The van der Waals surface area contributed by atoms with E-state index in [9.17, 15) is 4.79 Å². The molecule has 1 saturated heterocycles. The first kappa shape index (κ1) is 15.3. The molecule has 1 aliphatic heterocycles. The van der Waals surface area contributed by atoms with Gasteiger partial charge in [0, 0.05) is 26.6 Å². The van der Waals surface area contributed by atoms with Crippen LogP contribution in [0.1, 0.15) is 26.2 Å². The van der Waals surface area contributed by atoms with Crippen molar-refractivity contribution in [1.82, 2.24) is 19.5 Å². The van der Waals surface area contributed by atoms with E-state index < -0.39 is 0 Å². The highest BCUT2D eigenvalue weighted by Crippen LogP contribution is 2.22. The first-order valence-corrected chi connectivity index (χ1v) is 8.40. The number of imidazole rings is 1. The molecular formula is C15H20BrN5O. The van der Waals surface area contributed by atoms with Crippen LogP contribution in [0.5, 0.6) is 0 Å². The Hall–Kier alpha value is -1.63. The zero-order valence-corrected chi connectivity index (χ0v) is 14.5. The second-order valence-electron chi connectivity index (χ2n) is 5.69. The van der Waals surface area contributed by atoms with Crippen molar-refractivity contribution in [2.75, 3.05) is 25.0 Å². The Bertz CT molecular complexity index is 686. The fourth-order valence-corrected chi connectivity index (χ4v) is 3.23. The minimum atomic E-state index is 0.232. The van der Waals surface area contributed by atoms with Crippen LogP contribution in [0.3, 0.4) is 0 Å². The van der Waals surface area contributed by atoms with Gasteiger partial charge in [-0.05, 0) is 40.9 Å². The topological polar surface area (TPSA) is 53.7 Å². The van der Waals surface area contributed by atoms with E-state index in [0.717, 1.165) is 42.0 Å². The largest absolute Gasteiger partial charge is 0.353 e. The van der Waals surface area contributed by atoms with Crippen molar-refractivity contribution in [3.63, 3.8) is 0 Å². The van der Waals surface area contributed by atoms with E-state index in [2.05, 4.69) is 30.9 Å². The van der Waals surface area contributed by atoms with Crippen LogP contribution in [0.25, 0.3) is 5.65 Å². The maximum absolute atomic E-state index is 12.0. The standard InChI is InChI=1S/C15H20BrN5O/c1-3-4-15(22)19(2)11-7-8-20(10-11)14-6-5-13-17-9-12(16)21(13)18-14/h5-6,9,11H,3-4,7-8,10H2,1-2H3/t11-/m0/s1. The molecule has 3 heterocycles. The molecule has 118 valence electrons. The average molecular weight is 366 g/mol. The number of hydrogen-bond acceptors (Lipinski definition) is 4. The van der Waals surface area contributed by atoms with E-state index in [-0.39, 0.29) is 11.9 Å². The van der Waals surface area contributed by atoms with Gasteiger partial charge in [-0.3, -0.25) is 4.79 Å². The molecule has 1 atom stereocenters. The molecule has 0 unspecified atom stereocenters. The fourth-order valence-electron chi connectivity index (χ4n) is 2.86. The molecule has 0 spiro atoms. The molecule has 1 aliphatic rings. The maximum atomic E-state index is 12.0. The Morgan fingerprint density at radius 2 is 2.32 bits per heavy atom. The number of rotatable bonds is 4. The van der Waals surface area contributed by atoms with Crippen LogP contribution in [-0.2, 0) is 4.79 Å². The van der Waals surface area contributed by atoms with Crippen LogP contribution < -0.4 is 4.90 Å². The summed E-state index contributed by atoms with van der Waals surface area (Å²) in [5.41, 5.74) is 0.821. The van der Waals surface area contributed by atoms with E-state index in [1.807, 2.05) is 31.0 Å². The van der Waals surface area contributed by atoms with Gasteiger partial charge < -0.3 is 9.80 Å². The Labute approximate surface area is 138 Å². The third-order valence-electron chi connectivity index (χ3n) is 4.20. The number of carbonyl (C=O) groups excluding carboxylic acids is 1.